The third-order valence-electron chi connectivity index (χ3n) is 3.95. The predicted molar refractivity (Wildman–Crippen MR) is 82.9 cm³/mol. The van der Waals surface area contributed by atoms with Gasteiger partial charge >= 0.3 is 0 Å². The fourth-order valence-electron chi connectivity index (χ4n) is 2.36. The third kappa shape index (κ3) is 2.64. The Kier molecular flexibility index (Phi) is 4.03. The number of rotatable bonds is 3. The Bertz CT molecular complexity index is 616. The summed E-state index contributed by atoms with van der Waals surface area (Å²) >= 11 is 0. The van der Waals surface area contributed by atoms with Crippen LogP contribution in [0.2, 0.25) is 0 Å². The maximum absolute atomic E-state index is 9.74. The fraction of sp³-hybridized carbons (Fsp3) is 0.333. The molecule has 2 rings (SSSR count). The molecule has 1 N–H and O–H groups in total. The number of aromatic hydroxyl groups is 1. The molecule has 0 saturated carbocycles. The monoisotopic (exact) mass is 270 g/mol. The molecule has 106 valence electrons. The third-order valence-corrected chi connectivity index (χ3v) is 3.95. The Morgan fingerprint density at radius 3 is 2.10 bits per heavy atom. The maximum Gasteiger partial charge on any atom is 0.133 e. The van der Waals surface area contributed by atoms with Gasteiger partial charge in [0.05, 0.1) is 0 Å². The normalized spacial score (nSPS) is 10.7. The van der Waals surface area contributed by atoms with Crippen LogP contribution in [0.4, 0.5) is 0 Å². The highest BCUT2D eigenvalue weighted by Gasteiger charge is 2.11. The van der Waals surface area contributed by atoms with Gasteiger partial charge in [-0.2, -0.15) is 0 Å². The molecular formula is C18H22O2. The summed E-state index contributed by atoms with van der Waals surface area (Å²) in [5.74, 6) is 2.03. The summed E-state index contributed by atoms with van der Waals surface area (Å²) in [5.41, 5.74) is 5.70. The van der Waals surface area contributed by atoms with Gasteiger partial charge in [-0.05, 0) is 80.1 Å². The van der Waals surface area contributed by atoms with E-state index in [0.29, 0.717) is 5.75 Å². The molecular weight excluding hydrogens is 248 g/mol. The van der Waals surface area contributed by atoms with Crippen molar-refractivity contribution in [3.8, 4) is 17.2 Å². The molecule has 0 saturated heterocycles. The highest BCUT2D eigenvalue weighted by molar-refractivity contribution is 5.51. The van der Waals surface area contributed by atoms with E-state index >= 15 is 0 Å². The zero-order valence-corrected chi connectivity index (χ0v) is 12.9. The fourth-order valence-corrected chi connectivity index (χ4v) is 2.36. The predicted octanol–water partition coefficient (Wildman–Crippen LogP) is 4.98. The summed E-state index contributed by atoms with van der Waals surface area (Å²) in [5, 5.41) is 9.74. The maximum atomic E-state index is 9.74. The first-order valence-electron chi connectivity index (χ1n) is 7.01. The minimum Gasteiger partial charge on any atom is -0.508 e. The summed E-state index contributed by atoms with van der Waals surface area (Å²) < 4.78 is 6.09. The highest BCUT2D eigenvalue weighted by Crippen LogP contribution is 2.34. The van der Waals surface area contributed by atoms with Crippen molar-refractivity contribution in [2.45, 2.75) is 41.0 Å². The van der Waals surface area contributed by atoms with E-state index in [2.05, 4.69) is 33.8 Å². The summed E-state index contributed by atoms with van der Waals surface area (Å²) in [4.78, 5) is 0. The van der Waals surface area contributed by atoms with Gasteiger partial charge in [-0.3, -0.25) is 0 Å². The van der Waals surface area contributed by atoms with Crippen LogP contribution in [0, 0.1) is 27.7 Å². The molecule has 0 bridgehead atoms. The van der Waals surface area contributed by atoms with Crippen LogP contribution in [-0.4, -0.2) is 5.11 Å². The zero-order chi connectivity index (χ0) is 14.9. The largest absolute Gasteiger partial charge is 0.508 e. The molecule has 2 nitrogen and oxygen atoms in total. The average molecular weight is 270 g/mol. The summed E-state index contributed by atoms with van der Waals surface area (Å²) in [6.45, 7) is 10.4. The molecule has 0 aliphatic rings. The van der Waals surface area contributed by atoms with Crippen LogP contribution in [0.1, 0.15) is 34.7 Å². The molecule has 0 aliphatic carbocycles. The Labute approximate surface area is 121 Å². The van der Waals surface area contributed by atoms with Gasteiger partial charge in [-0.1, -0.05) is 13.0 Å². The zero-order valence-electron chi connectivity index (χ0n) is 12.9. The molecule has 0 aliphatic heterocycles. The number of aryl methyl sites for hydroxylation is 3. The lowest BCUT2D eigenvalue weighted by Crippen LogP contribution is -1.96. The topological polar surface area (TPSA) is 29.5 Å². The van der Waals surface area contributed by atoms with E-state index in [4.69, 9.17) is 4.74 Å². The first-order chi connectivity index (χ1) is 9.43. The van der Waals surface area contributed by atoms with Gasteiger partial charge in [0.2, 0.25) is 0 Å². The lowest BCUT2D eigenvalue weighted by atomic mass is 10.00. The average Bonchev–Trinajstić information content (AvgIpc) is 2.43. The van der Waals surface area contributed by atoms with Gasteiger partial charge < -0.3 is 9.84 Å². The van der Waals surface area contributed by atoms with Crippen molar-refractivity contribution in [3.63, 3.8) is 0 Å². The summed E-state index contributed by atoms with van der Waals surface area (Å²) in [6, 6.07) is 7.60. The van der Waals surface area contributed by atoms with Crippen LogP contribution in [-0.2, 0) is 6.42 Å². The Morgan fingerprint density at radius 2 is 1.55 bits per heavy atom. The van der Waals surface area contributed by atoms with Crippen LogP contribution in [0.25, 0.3) is 0 Å². The summed E-state index contributed by atoms with van der Waals surface area (Å²) in [7, 11) is 0. The van der Waals surface area contributed by atoms with Gasteiger partial charge in [0.15, 0.2) is 0 Å². The van der Waals surface area contributed by atoms with Crippen LogP contribution in [0.3, 0.4) is 0 Å². The minimum absolute atomic E-state index is 0.328. The lowest BCUT2D eigenvalue weighted by Gasteiger charge is -2.16. The molecule has 0 amide bonds. The van der Waals surface area contributed by atoms with Crippen molar-refractivity contribution >= 4 is 0 Å². The molecule has 0 unspecified atom stereocenters. The second-order valence-corrected chi connectivity index (χ2v) is 5.34. The SMILES string of the molecule is CCc1cc(Oc2c(C)c(C)cc(C)c2C)ccc1O. The molecule has 0 atom stereocenters. The molecule has 0 heterocycles. The molecule has 0 fully saturated rings. The highest BCUT2D eigenvalue weighted by atomic mass is 16.5. The standard InChI is InChI=1S/C18H22O2/c1-6-15-10-16(7-8-17(15)19)20-18-13(4)11(2)9-12(3)14(18)5/h7-10,19H,6H2,1-5H3. The van der Waals surface area contributed by atoms with Crippen LogP contribution in [0.15, 0.2) is 24.3 Å². The van der Waals surface area contributed by atoms with E-state index in [1.165, 1.54) is 22.3 Å². The van der Waals surface area contributed by atoms with E-state index in [1.54, 1.807) is 6.07 Å². The van der Waals surface area contributed by atoms with Crippen molar-refractivity contribution in [3.05, 3.63) is 52.1 Å². The van der Waals surface area contributed by atoms with E-state index < -0.39 is 0 Å². The molecule has 0 radical (unpaired) electrons. The van der Waals surface area contributed by atoms with Crippen molar-refractivity contribution in [1.82, 2.24) is 0 Å². The molecule has 20 heavy (non-hydrogen) atoms. The van der Waals surface area contributed by atoms with Crippen LogP contribution in [0.5, 0.6) is 17.2 Å². The van der Waals surface area contributed by atoms with E-state index in [1.807, 2.05) is 19.1 Å². The van der Waals surface area contributed by atoms with Crippen molar-refractivity contribution in [1.29, 1.82) is 0 Å². The van der Waals surface area contributed by atoms with Gasteiger partial charge in [0.25, 0.3) is 0 Å². The van der Waals surface area contributed by atoms with Crippen molar-refractivity contribution < 1.29 is 9.84 Å². The second-order valence-electron chi connectivity index (χ2n) is 5.34. The molecule has 2 aromatic carbocycles. The van der Waals surface area contributed by atoms with E-state index in [-0.39, 0.29) is 0 Å². The number of benzene rings is 2. The Morgan fingerprint density at radius 1 is 0.950 bits per heavy atom. The second kappa shape index (κ2) is 5.58. The van der Waals surface area contributed by atoms with E-state index in [0.717, 1.165) is 23.5 Å². The van der Waals surface area contributed by atoms with Crippen molar-refractivity contribution in [2.75, 3.05) is 0 Å². The minimum atomic E-state index is 0.328. The number of ether oxygens (including phenoxy) is 1. The first kappa shape index (κ1) is 14.4. The summed E-state index contributed by atoms with van der Waals surface area (Å²) in [6.07, 6.45) is 0.786. The Balaban J connectivity index is 2.45. The first-order valence-corrected chi connectivity index (χ1v) is 7.01. The van der Waals surface area contributed by atoms with E-state index in [9.17, 15) is 5.11 Å². The smallest absolute Gasteiger partial charge is 0.133 e. The van der Waals surface area contributed by atoms with Crippen LogP contribution < -0.4 is 4.74 Å². The van der Waals surface area contributed by atoms with Gasteiger partial charge in [0.1, 0.15) is 17.2 Å². The Hall–Kier alpha value is -1.96. The number of hydrogen-bond donors (Lipinski definition) is 1. The quantitative estimate of drug-likeness (QED) is 0.852. The molecule has 0 aromatic heterocycles. The van der Waals surface area contributed by atoms with Crippen molar-refractivity contribution in [2.24, 2.45) is 0 Å². The van der Waals surface area contributed by atoms with Gasteiger partial charge in [-0.25, -0.2) is 0 Å². The molecule has 0 spiro atoms. The van der Waals surface area contributed by atoms with Gasteiger partial charge in [0, 0.05) is 0 Å². The molecule has 2 aromatic rings. The molecule has 2 heteroatoms. The lowest BCUT2D eigenvalue weighted by molar-refractivity contribution is 0.455. The van der Waals surface area contributed by atoms with Gasteiger partial charge in [-0.15, -0.1) is 0 Å². The van der Waals surface area contributed by atoms with Crippen LogP contribution >= 0.6 is 0 Å². The number of phenolic OH excluding ortho intramolecular Hbond substituents is 1. The number of hydrogen-bond acceptors (Lipinski definition) is 2. The number of phenols is 1.